The second-order valence-electron chi connectivity index (χ2n) is 3.14. The zero-order valence-electron chi connectivity index (χ0n) is 7.75. The predicted octanol–water partition coefficient (Wildman–Crippen LogP) is -1.15. The molecule has 1 heterocycles. The molecule has 1 rings (SSSR count). The van der Waals surface area contributed by atoms with E-state index in [2.05, 4.69) is 0 Å². The van der Waals surface area contributed by atoms with Crippen molar-refractivity contribution in [3.63, 3.8) is 0 Å². The molecule has 1 unspecified atom stereocenters. The third-order valence-corrected chi connectivity index (χ3v) is 2.14. The van der Waals surface area contributed by atoms with Gasteiger partial charge in [0.2, 0.25) is 0 Å². The molecule has 0 aliphatic carbocycles. The van der Waals surface area contributed by atoms with Crippen molar-refractivity contribution < 1.29 is 24.8 Å². The monoisotopic (exact) mass is 192 g/mol. The summed E-state index contributed by atoms with van der Waals surface area (Å²) in [5, 5.41) is 28.1. The van der Waals surface area contributed by atoms with Gasteiger partial charge in [-0.25, -0.2) is 0 Å². The van der Waals surface area contributed by atoms with Gasteiger partial charge in [-0.3, -0.25) is 0 Å². The molecule has 3 N–H and O–H groups in total. The van der Waals surface area contributed by atoms with Crippen LogP contribution in [-0.4, -0.2) is 52.6 Å². The topological polar surface area (TPSA) is 79.2 Å². The standard InChI is InChI=1S/C8H16O5/c1-3-12-8-7(11)6(10)5(9)4(2)13-8/h4-11H,3H2,1-2H3/t4-,5+,6+,7-,8?/m0/s1. The average Bonchev–Trinajstić information content (AvgIpc) is 2.11. The van der Waals surface area contributed by atoms with E-state index in [1.165, 1.54) is 0 Å². The van der Waals surface area contributed by atoms with Crippen LogP contribution >= 0.6 is 0 Å². The van der Waals surface area contributed by atoms with Gasteiger partial charge in [0.15, 0.2) is 6.29 Å². The van der Waals surface area contributed by atoms with Gasteiger partial charge in [-0.2, -0.15) is 0 Å². The number of hydrogen-bond donors (Lipinski definition) is 3. The van der Waals surface area contributed by atoms with Crippen molar-refractivity contribution in [3.8, 4) is 0 Å². The molecular weight excluding hydrogens is 176 g/mol. The van der Waals surface area contributed by atoms with E-state index in [0.29, 0.717) is 6.61 Å². The second-order valence-corrected chi connectivity index (χ2v) is 3.14. The number of aliphatic hydroxyl groups excluding tert-OH is 3. The maximum atomic E-state index is 9.40. The Balaban J connectivity index is 2.59. The normalized spacial score (nSPS) is 46.4. The van der Waals surface area contributed by atoms with Crippen molar-refractivity contribution >= 4 is 0 Å². The highest BCUT2D eigenvalue weighted by molar-refractivity contribution is 4.86. The molecule has 1 aliphatic heterocycles. The largest absolute Gasteiger partial charge is 0.388 e. The van der Waals surface area contributed by atoms with E-state index in [9.17, 15) is 15.3 Å². The molecule has 1 fully saturated rings. The highest BCUT2D eigenvalue weighted by Crippen LogP contribution is 2.21. The number of ether oxygens (including phenoxy) is 2. The smallest absolute Gasteiger partial charge is 0.186 e. The third-order valence-electron chi connectivity index (χ3n) is 2.14. The number of rotatable bonds is 2. The lowest BCUT2D eigenvalue weighted by molar-refractivity contribution is -0.291. The Kier molecular flexibility index (Phi) is 3.63. The Morgan fingerprint density at radius 3 is 2.31 bits per heavy atom. The van der Waals surface area contributed by atoms with Crippen molar-refractivity contribution in [3.05, 3.63) is 0 Å². The van der Waals surface area contributed by atoms with Gasteiger partial charge in [0, 0.05) is 6.61 Å². The Hall–Kier alpha value is -0.200. The van der Waals surface area contributed by atoms with Crippen LogP contribution in [0, 0.1) is 0 Å². The quantitative estimate of drug-likeness (QED) is 0.515. The highest BCUT2D eigenvalue weighted by atomic mass is 16.7. The van der Waals surface area contributed by atoms with E-state index in [1.807, 2.05) is 0 Å². The summed E-state index contributed by atoms with van der Waals surface area (Å²) in [6.45, 7) is 3.77. The molecule has 0 aromatic rings. The van der Waals surface area contributed by atoms with Crippen LogP contribution in [0.15, 0.2) is 0 Å². The van der Waals surface area contributed by atoms with Gasteiger partial charge in [0.05, 0.1) is 6.10 Å². The van der Waals surface area contributed by atoms with Gasteiger partial charge in [-0.05, 0) is 13.8 Å². The molecule has 13 heavy (non-hydrogen) atoms. The van der Waals surface area contributed by atoms with Crippen molar-refractivity contribution in [2.24, 2.45) is 0 Å². The molecule has 5 nitrogen and oxygen atoms in total. The Morgan fingerprint density at radius 2 is 1.77 bits per heavy atom. The first-order valence-corrected chi connectivity index (χ1v) is 4.39. The molecule has 0 aromatic carbocycles. The van der Waals surface area contributed by atoms with E-state index in [4.69, 9.17) is 9.47 Å². The lowest BCUT2D eigenvalue weighted by Gasteiger charge is -2.38. The fourth-order valence-electron chi connectivity index (χ4n) is 1.32. The summed E-state index contributed by atoms with van der Waals surface area (Å²) in [6, 6.07) is 0. The zero-order chi connectivity index (χ0) is 10.0. The minimum Gasteiger partial charge on any atom is -0.388 e. The summed E-state index contributed by atoms with van der Waals surface area (Å²) in [5.74, 6) is 0. The van der Waals surface area contributed by atoms with Crippen LogP contribution in [0.25, 0.3) is 0 Å². The average molecular weight is 192 g/mol. The molecule has 0 saturated carbocycles. The third kappa shape index (κ3) is 2.18. The predicted molar refractivity (Wildman–Crippen MR) is 44.0 cm³/mol. The molecular formula is C8H16O5. The first-order chi connectivity index (χ1) is 6.07. The maximum Gasteiger partial charge on any atom is 0.186 e. The van der Waals surface area contributed by atoms with Crippen LogP contribution in [0.3, 0.4) is 0 Å². The van der Waals surface area contributed by atoms with E-state index < -0.39 is 30.7 Å². The fourth-order valence-corrected chi connectivity index (χ4v) is 1.32. The first-order valence-electron chi connectivity index (χ1n) is 4.39. The highest BCUT2D eigenvalue weighted by Gasteiger charge is 2.42. The van der Waals surface area contributed by atoms with Crippen molar-refractivity contribution in [2.45, 2.75) is 44.6 Å². The molecule has 1 aliphatic rings. The van der Waals surface area contributed by atoms with Crippen LogP contribution in [0.5, 0.6) is 0 Å². The number of hydrogen-bond acceptors (Lipinski definition) is 5. The van der Waals surface area contributed by atoms with Gasteiger partial charge in [-0.1, -0.05) is 0 Å². The van der Waals surface area contributed by atoms with Crippen LogP contribution < -0.4 is 0 Å². The van der Waals surface area contributed by atoms with E-state index in [1.54, 1.807) is 13.8 Å². The summed E-state index contributed by atoms with van der Waals surface area (Å²) in [6.07, 6.45) is -4.84. The van der Waals surface area contributed by atoms with Crippen molar-refractivity contribution in [2.75, 3.05) is 6.61 Å². The molecule has 1 saturated heterocycles. The minimum absolute atomic E-state index is 0.386. The summed E-state index contributed by atoms with van der Waals surface area (Å²) >= 11 is 0. The molecule has 0 aromatic heterocycles. The lowest BCUT2D eigenvalue weighted by Crippen LogP contribution is -2.57. The number of aliphatic hydroxyl groups is 3. The van der Waals surface area contributed by atoms with Crippen molar-refractivity contribution in [1.29, 1.82) is 0 Å². The molecule has 0 radical (unpaired) electrons. The van der Waals surface area contributed by atoms with E-state index in [-0.39, 0.29) is 0 Å². The second kappa shape index (κ2) is 4.34. The van der Waals surface area contributed by atoms with Crippen molar-refractivity contribution in [1.82, 2.24) is 0 Å². The zero-order valence-corrected chi connectivity index (χ0v) is 7.75. The van der Waals surface area contributed by atoms with Crippen LogP contribution in [-0.2, 0) is 9.47 Å². The lowest BCUT2D eigenvalue weighted by atomic mass is 10.0. The molecule has 0 amide bonds. The van der Waals surface area contributed by atoms with E-state index in [0.717, 1.165) is 0 Å². The Bertz CT molecular complexity index is 163. The maximum absolute atomic E-state index is 9.40. The SMILES string of the molecule is CCOC1O[C@@H](C)[C@@H](O)[C@@H](O)[C@@H]1O. The Morgan fingerprint density at radius 1 is 1.15 bits per heavy atom. The summed E-state index contributed by atoms with van der Waals surface area (Å²) in [5.41, 5.74) is 0. The Labute approximate surface area is 76.9 Å². The molecule has 0 bridgehead atoms. The summed E-state index contributed by atoms with van der Waals surface area (Å²) in [4.78, 5) is 0. The summed E-state index contributed by atoms with van der Waals surface area (Å²) < 4.78 is 10.2. The molecule has 0 spiro atoms. The summed E-state index contributed by atoms with van der Waals surface area (Å²) in [7, 11) is 0. The van der Waals surface area contributed by atoms with Gasteiger partial charge in [0.25, 0.3) is 0 Å². The van der Waals surface area contributed by atoms with Crippen LogP contribution in [0.2, 0.25) is 0 Å². The molecule has 5 atom stereocenters. The van der Waals surface area contributed by atoms with Crippen LogP contribution in [0.1, 0.15) is 13.8 Å². The van der Waals surface area contributed by atoms with Gasteiger partial charge in [0.1, 0.15) is 18.3 Å². The van der Waals surface area contributed by atoms with Gasteiger partial charge < -0.3 is 24.8 Å². The van der Waals surface area contributed by atoms with Gasteiger partial charge >= 0.3 is 0 Å². The minimum atomic E-state index is -1.21. The molecule has 5 heteroatoms. The van der Waals surface area contributed by atoms with Crippen LogP contribution in [0.4, 0.5) is 0 Å². The molecule has 78 valence electrons. The van der Waals surface area contributed by atoms with Gasteiger partial charge in [-0.15, -0.1) is 0 Å². The fraction of sp³-hybridized carbons (Fsp3) is 1.00. The van der Waals surface area contributed by atoms with E-state index >= 15 is 0 Å². The first kappa shape index (κ1) is 10.9.